The summed E-state index contributed by atoms with van der Waals surface area (Å²) >= 11 is 0. The standard InChI is InChI=1S/C12H13F3N2O/c1-3-17-7(2)11(18)16-9-5-4-8(6-10(9)17)12(13,14)15/h4-7H,3H2,1-2H3,(H,16,18). The highest BCUT2D eigenvalue weighted by atomic mass is 19.4. The molecule has 6 heteroatoms. The van der Waals surface area contributed by atoms with E-state index in [9.17, 15) is 18.0 Å². The van der Waals surface area contributed by atoms with Crippen LogP contribution in [0, 0.1) is 0 Å². The zero-order valence-electron chi connectivity index (χ0n) is 10.0. The van der Waals surface area contributed by atoms with Gasteiger partial charge in [-0.2, -0.15) is 13.2 Å². The quantitative estimate of drug-likeness (QED) is 0.840. The Labute approximate surface area is 103 Å². The normalized spacial score (nSPS) is 19.5. The summed E-state index contributed by atoms with van der Waals surface area (Å²) in [7, 11) is 0. The lowest BCUT2D eigenvalue weighted by Crippen LogP contribution is -2.46. The highest BCUT2D eigenvalue weighted by Crippen LogP contribution is 2.38. The number of alkyl halides is 3. The van der Waals surface area contributed by atoms with Gasteiger partial charge in [0, 0.05) is 6.54 Å². The second-order valence-corrected chi connectivity index (χ2v) is 4.18. The van der Waals surface area contributed by atoms with Crippen molar-refractivity contribution in [3.8, 4) is 0 Å². The van der Waals surface area contributed by atoms with Crippen molar-refractivity contribution >= 4 is 17.3 Å². The van der Waals surface area contributed by atoms with Gasteiger partial charge in [-0.1, -0.05) is 0 Å². The number of benzene rings is 1. The van der Waals surface area contributed by atoms with Gasteiger partial charge in [0.15, 0.2) is 0 Å². The number of anilines is 2. The van der Waals surface area contributed by atoms with Crippen LogP contribution >= 0.6 is 0 Å². The van der Waals surface area contributed by atoms with Crippen LogP contribution in [0.3, 0.4) is 0 Å². The first kappa shape index (κ1) is 12.7. The lowest BCUT2D eigenvalue weighted by Gasteiger charge is -2.35. The molecule has 0 aromatic heterocycles. The number of hydrogen-bond donors (Lipinski definition) is 1. The second kappa shape index (κ2) is 4.19. The Balaban J connectivity index is 2.51. The molecule has 0 aliphatic carbocycles. The SMILES string of the molecule is CCN1c2cc(C(F)(F)F)ccc2NC(=O)C1C. The van der Waals surface area contributed by atoms with E-state index in [4.69, 9.17) is 0 Å². The zero-order chi connectivity index (χ0) is 13.5. The third-order valence-corrected chi connectivity index (χ3v) is 3.08. The molecule has 1 N–H and O–H groups in total. The van der Waals surface area contributed by atoms with Crippen LogP contribution in [0.4, 0.5) is 24.5 Å². The number of amides is 1. The van der Waals surface area contributed by atoms with Crippen molar-refractivity contribution in [2.75, 3.05) is 16.8 Å². The molecule has 1 heterocycles. The highest BCUT2D eigenvalue weighted by Gasteiger charge is 2.34. The smallest absolute Gasteiger partial charge is 0.358 e. The molecule has 0 saturated carbocycles. The molecule has 0 bridgehead atoms. The molecule has 1 aliphatic heterocycles. The van der Waals surface area contributed by atoms with Gasteiger partial charge >= 0.3 is 6.18 Å². The molecular formula is C12H13F3N2O. The van der Waals surface area contributed by atoms with E-state index in [1.807, 2.05) is 0 Å². The van der Waals surface area contributed by atoms with Gasteiger partial charge < -0.3 is 10.2 Å². The average Bonchev–Trinajstić information content (AvgIpc) is 2.29. The Bertz CT molecular complexity index is 485. The maximum atomic E-state index is 12.7. The summed E-state index contributed by atoms with van der Waals surface area (Å²) < 4.78 is 38.0. The highest BCUT2D eigenvalue weighted by molar-refractivity contribution is 6.03. The Morgan fingerprint density at radius 2 is 2.06 bits per heavy atom. The van der Waals surface area contributed by atoms with E-state index in [0.717, 1.165) is 12.1 Å². The molecule has 18 heavy (non-hydrogen) atoms. The topological polar surface area (TPSA) is 32.3 Å². The molecule has 3 nitrogen and oxygen atoms in total. The molecule has 98 valence electrons. The molecule has 0 fully saturated rings. The van der Waals surface area contributed by atoms with Gasteiger partial charge in [0.05, 0.1) is 16.9 Å². The van der Waals surface area contributed by atoms with Crippen LogP contribution in [0.15, 0.2) is 18.2 Å². The van der Waals surface area contributed by atoms with Crippen LogP contribution in [-0.2, 0) is 11.0 Å². The van der Waals surface area contributed by atoms with Crippen molar-refractivity contribution in [3.05, 3.63) is 23.8 Å². The van der Waals surface area contributed by atoms with Gasteiger partial charge in [-0.15, -0.1) is 0 Å². The van der Waals surface area contributed by atoms with Crippen LogP contribution in [0.1, 0.15) is 19.4 Å². The van der Waals surface area contributed by atoms with Crippen molar-refractivity contribution in [1.29, 1.82) is 0 Å². The minimum Gasteiger partial charge on any atom is -0.358 e. The number of carbonyl (C=O) groups excluding carboxylic acids is 1. The summed E-state index contributed by atoms with van der Waals surface area (Å²) in [5, 5.41) is 2.60. The van der Waals surface area contributed by atoms with Gasteiger partial charge in [0.2, 0.25) is 5.91 Å². The van der Waals surface area contributed by atoms with E-state index < -0.39 is 17.8 Å². The fourth-order valence-corrected chi connectivity index (χ4v) is 2.08. The van der Waals surface area contributed by atoms with Crippen LogP contribution < -0.4 is 10.2 Å². The van der Waals surface area contributed by atoms with Gasteiger partial charge in [-0.3, -0.25) is 4.79 Å². The number of rotatable bonds is 1. The van der Waals surface area contributed by atoms with E-state index in [0.29, 0.717) is 17.9 Å². The summed E-state index contributed by atoms with van der Waals surface area (Å²) in [6.07, 6.45) is -4.38. The Kier molecular flexibility index (Phi) is 2.96. The molecule has 1 atom stereocenters. The molecule has 1 aliphatic rings. The zero-order valence-corrected chi connectivity index (χ0v) is 10.0. The molecule has 0 spiro atoms. The first-order chi connectivity index (χ1) is 8.34. The van der Waals surface area contributed by atoms with Gasteiger partial charge in [-0.05, 0) is 32.0 Å². The number of hydrogen-bond acceptors (Lipinski definition) is 2. The summed E-state index contributed by atoms with van der Waals surface area (Å²) in [6.45, 7) is 3.95. The predicted molar refractivity (Wildman–Crippen MR) is 62.6 cm³/mol. The lowest BCUT2D eigenvalue weighted by atomic mass is 10.1. The third kappa shape index (κ3) is 2.02. The number of nitrogens with zero attached hydrogens (tertiary/aromatic N) is 1. The van der Waals surface area contributed by atoms with E-state index in [1.54, 1.807) is 18.7 Å². The molecule has 1 aromatic carbocycles. The van der Waals surface area contributed by atoms with E-state index in [-0.39, 0.29) is 5.91 Å². The maximum absolute atomic E-state index is 12.7. The summed E-state index contributed by atoms with van der Waals surface area (Å²) in [6, 6.07) is 2.88. The first-order valence-electron chi connectivity index (χ1n) is 5.63. The summed E-state index contributed by atoms with van der Waals surface area (Å²) in [5.74, 6) is -0.205. The third-order valence-electron chi connectivity index (χ3n) is 3.08. The Hall–Kier alpha value is -1.72. The Morgan fingerprint density at radius 3 is 2.61 bits per heavy atom. The number of nitrogens with one attached hydrogen (secondary N) is 1. The van der Waals surface area contributed by atoms with Crippen molar-refractivity contribution in [3.63, 3.8) is 0 Å². The molecule has 1 aromatic rings. The molecule has 1 unspecified atom stereocenters. The minimum atomic E-state index is -4.38. The number of likely N-dealkylation sites (N-methyl/N-ethyl adjacent to an activating group) is 1. The van der Waals surface area contributed by atoms with E-state index in [2.05, 4.69) is 5.32 Å². The van der Waals surface area contributed by atoms with E-state index >= 15 is 0 Å². The van der Waals surface area contributed by atoms with Crippen LogP contribution in [0.25, 0.3) is 0 Å². The maximum Gasteiger partial charge on any atom is 0.416 e. The largest absolute Gasteiger partial charge is 0.416 e. The van der Waals surface area contributed by atoms with Gasteiger partial charge in [0.25, 0.3) is 0 Å². The average molecular weight is 258 g/mol. The van der Waals surface area contributed by atoms with Crippen molar-refractivity contribution in [1.82, 2.24) is 0 Å². The van der Waals surface area contributed by atoms with Crippen molar-refractivity contribution in [2.45, 2.75) is 26.1 Å². The molecule has 0 saturated heterocycles. The first-order valence-corrected chi connectivity index (χ1v) is 5.63. The van der Waals surface area contributed by atoms with E-state index in [1.165, 1.54) is 6.07 Å². The predicted octanol–water partition coefficient (Wildman–Crippen LogP) is 2.87. The monoisotopic (exact) mass is 258 g/mol. The number of halogens is 3. The lowest BCUT2D eigenvalue weighted by molar-refractivity contribution is -0.137. The van der Waals surface area contributed by atoms with Gasteiger partial charge in [-0.25, -0.2) is 0 Å². The summed E-state index contributed by atoms with van der Waals surface area (Å²) in [4.78, 5) is 13.3. The van der Waals surface area contributed by atoms with Crippen molar-refractivity contribution < 1.29 is 18.0 Å². The minimum absolute atomic E-state index is 0.205. The molecule has 0 radical (unpaired) electrons. The van der Waals surface area contributed by atoms with Crippen LogP contribution in [0.2, 0.25) is 0 Å². The molecule has 2 rings (SSSR count). The number of carbonyl (C=O) groups is 1. The van der Waals surface area contributed by atoms with Gasteiger partial charge in [0.1, 0.15) is 6.04 Å². The van der Waals surface area contributed by atoms with Crippen LogP contribution in [-0.4, -0.2) is 18.5 Å². The second-order valence-electron chi connectivity index (χ2n) is 4.18. The van der Waals surface area contributed by atoms with Crippen LogP contribution in [0.5, 0.6) is 0 Å². The fourth-order valence-electron chi connectivity index (χ4n) is 2.08. The molecular weight excluding hydrogens is 245 g/mol. The summed E-state index contributed by atoms with van der Waals surface area (Å²) in [5.41, 5.74) is 0.135. The Morgan fingerprint density at radius 1 is 1.39 bits per heavy atom. The fraction of sp³-hybridized carbons (Fsp3) is 0.417. The van der Waals surface area contributed by atoms with Crippen molar-refractivity contribution in [2.24, 2.45) is 0 Å². The molecule has 1 amide bonds. The number of fused-ring (bicyclic) bond motifs is 1.